The van der Waals surface area contributed by atoms with Gasteiger partial charge in [-0.05, 0) is 0 Å². The summed E-state index contributed by atoms with van der Waals surface area (Å²) in [6, 6.07) is 0. The van der Waals surface area contributed by atoms with Crippen LogP contribution in [0.25, 0.3) is 0 Å². The first kappa shape index (κ1) is 7.61. The Bertz CT molecular complexity index is 43.9. The van der Waals surface area contributed by atoms with Crippen LogP contribution in [0.1, 0.15) is 6.92 Å². The molecule has 1 atom stereocenters. The van der Waals surface area contributed by atoms with Crippen molar-refractivity contribution < 1.29 is 24.9 Å². The van der Waals surface area contributed by atoms with Gasteiger partial charge in [-0.25, -0.2) is 0 Å². The van der Waals surface area contributed by atoms with E-state index < -0.39 is 0 Å². The molecule has 0 amide bonds. The van der Waals surface area contributed by atoms with Crippen molar-refractivity contribution in [2.24, 2.45) is 0 Å². The van der Waals surface area contributed by atoms with Crippen molar-refractivity contribution in [2.75, 3.05) is 11.5 Å². The summed E-state index contributed by atoms with van der Waals surface area (Å²) in [7, 11) is 0. The first-order valence-corrected chi connectivity index (χ1v) is 5.32. The van der Waals surface area contributed by atoms with Crippen molar-refractivity contribution in [3.05, 3.63) is 5.21 Å². The average molecular weight is 217 g/mol. The summed E-state index contributed by atoms with van der Waals surface area (Å²) in [6.45, 7) is 2.70. The second-order valence-electron chi connectivity index (χ2n) is 0.993. The Hall–Kier alpha value is 0.610. The summed E-state index contributed by atoms with van der Waals surface area (Å²) in [5, 5.41) is 10.3. The van der Waals surface area contributed by atoms with E-state index in [9.17, 15) is 5.21 Å². The molecule has 4 heteroatoms. The second kappa shape index (κ2) is 4.76. The molecular weight excluding hydrogens is 207 g/mol. The van der Waals surface area contributed by atoms with Gasteiger partial charge in [0.05, 0.1) is 0 Å². The molecule has 0 aliphatic carbocycles. The van der Waals surface area contributed by atoms with Gasteiger partial charge in [-0.15, -0.1) is 0 Å². The van der Waals surface area contributed by atoms with Gasteiger partial charge in [-0.3, -0.25) is 0 Å². The molecule has 0 aromatic rings. The molecule has 0 spiro atoms. The van der Waals surface area contributed by atoms with Gasteiger partial charge in [0.15, 0.2) is 0 Å². The molecule has 1 unspecified atom stereocenters. The Kier molecular flexibility index (Phi) is 5.18. The molecule has 0 aromatic carbocycles. The van der Waals surface area contributed by atoms with Crippen LogP contribution in [-0.2, 0) is 0 Å². The molecule has 0 heterocycles. The van der Waals surface area contributed by atoms with Crippen molar-refractivity contribution in [1.29, 1.82) is 0 Å². The second-order valence-corrected chi connectivity index (χ2v) is 3.05. The molecule has 0 aromatic heterocycles. The summed E-state index contributed by atoms with van der Waals surface area (Å²) in [6.07, 6.45) is 0. The molecule has 7 heavy (non-hydrogen) atoms. The molecule has 0 saturated carbocycles. The Morgan fingerprint density at radius 1 is 1.86 bits per heavy atom. The van der Waals surface area contributed by atoms with Crippen LogP contribution < -0.4 is 30.3 Å². The van der Waals surface area contributed by atoms with E-state index in [1.54, 1.807) is 0 Å². The zero-order valence-electron chi connectivity index (χ0n) is 4.49. The van der Waals surface area contributed by atoms with E-state index >= 15 is 0 Å². The average Bonchev–Trinajstić information content (AvgIpc) is 1.68. The van der Waals surface area contributed by atoms with Gasteiger partial charge in [0.1, 0.15) is 0 Å². The quantitative estimate of drug-likeness (QED) is 0.216. The summed E-state index contributed by atoms with van der Waals surface area (Å²) < 4.78 is 0.237. The van der Waals surface area contributed by atoms with Crippen molar-refractivity contribution in [3.63, 3.8) is 0 Å². The van der Waals surface area contributed by atoms with E-state index in [0.717, 1.165) is 6.54 Å². The van der Waals surface area contributed by atoms with Gasteiger partial charge in [-0.1, -0.05) is 0 Å². The molecule has 0 aliphatic rings. The van der Waals surface area contributed by atoms with E-state index in [2.05, 4.69) is 5.43 Å². The molecule has 0 bridgehead atoms. The van der Waals surface area contributed by atoms with E-state index in [1.807, 2.05) is 11.9 Å². The van der Waals surface area contributed by atoms with Crippen LogP contribution in [0.3, 0.4) is 0 Å². The van der Waals surface area contributed by atoms with Crippen LogP contribution in [0.15, 0.2) is 0 Å². The number of nitrogens with one attached hydrogen (secondary N) is 2. The van der Waals surface area contributed by atoms with Crippen molar-refractivity contribution in [3.8, 4) is 0 Å². The van der Waals surface area contributed by atoms with Crippen LogP contribution in [0.4, 0.5) is 0 Å². The van der Waals surface area contributed by atoms with Gasteiger partial charge in [-0.2, -0.15) is 0 Å². The third-order valence-electron chi connectivity index (χ3n) is 0.487. The molecular formula is C3H10IN2O-. The number of hydrogen-bond acceptors (Lipinski definition) is 2. The maximum absolute atomic E-state index is 10.3. The minimum absolute atomic E-state index is 0.212. The molecule has 0 radical (unpaired) electrons. The maximum atomic E-state index is 10.3. The van der Waals surface area contributed by atoms with Crippen LogP contribution >= 0.6 is 0 Å². The molecule has 0 fully saturated rings. The van der Waals surface area contributed by atoms with E-state index in [4.69, 9.17) is 0 Å². The number of halogens is 1. The molecule has 0 rings (SSSR count). The van der Waals surface area contributed by atoms with Crippen LogP contribution in [0, 0.1) is 5.21 Å². The van der Waals surface area contributed by atoms with Crippen molar-refractivity contribution in [2.45, 2.75) is 6.92 Å². The van der Waals surface area contributed by atoms with E-state index in [1.165, 1.54) is 0 Å². The zero-order valence-corrected chi connectivity index (χ0v) is 6.65. The number of alkyl halides is 1. The van der Waals surface area contributed by atoms with Gasteiger partial charge >= 0.3 is 53.9 Å². The van der Waals surface area contributed by atoms with Gasteiger partial charge in [0.2, 0.25) is 0 Å². The Labute approximate surface area is 54.2 Å². The van der Waals surface area contributed by atoms with Gasteiger partial charge in [0.25, 0.3) is 0 Å². The topological polar surface area (TPSA) is 39.5 Å². The SMILES string of the molecule is CCN[NH+]([O-])[I-]C. The number of rotatable bonds is 3. The summed E-state index contributed by atoms with van der Waals surface area (Å²) >= 11 is -0.212. The Morgan fingerprint density at radius 3 is 2.57 bits per heavy atom. The van der Waals surface area contributed by atoms with Crippen LogP contribution in [-0.4, -0.2) is 11.5 Å². The summed E-state index contributed by atoms with van der Waals surface area (Å²) in [5.41, 5.74) is 2.71. The first-order valence-electron chi connectivity index (χ1n) is 2.08. The van der Waals surface area contributed by atoms with Crippen molar-refractivity contribution >= 4 is 0 Å². The normalized spacial score (nSPS) is 14.7. The predicted molar refractivity (Wildman–Crippen MR) is 23.9 cm³/mol. The van der Waals surface area contributed by atoms with E-state index in [-0.39, 0.29) is 24.9 Å². The molecule has 3 nitrogen and oxygen atoms in total. The third-order valence-corrected chi connectivity index (χ3v) is 1.85. The molecule has 46 valence electrons. The Morgan fingerprint density at radius 2 is 2.43 bits per heavy atom. The summed E-state index contributed by atoms with van der Waals surface area (Å²) in [5.74, 6) is 0. The molecule has 0 aliphatic heterocycles. The summed E-state index contributed by atoms with van der Waals surface area (Å²) in [4.78, 5) is 1.95. The van der Waals surface area contributed by atoms with Gasteiger partial charge in [0, 0.05) is 0 Å². The minimum atomic E-state index is -0.212. The Balaban J connectivity index is 2.83. The molecule has 0 saturated heterocycles. The fourth-order valence-corrected chi connectivity index (χ4v) is 0.969. The van der Waals surface area contributed by atoms with Crippen LogP contribution in [0.5, 0.6) is 0 Å². The standard InChI is InChI=1S/C3H10IN2O/c1-3-5-6(7)4-2/h5-6H,3H2,1-2H3/q-1. The zero-order chi connectivity index (χ0) is 5.70. The fourth-order valence-electron chi connectivity index (χ4n) is 0.206. The fraction of sp³-hybridized carbons (Fsp3) is 1.00. The number of quaternary nitrogens is 1. The monoisotopic (exact) mass is 217 g/mol. The first-order chi connectivity index (χ1) is 3.31. The van der Waals surface area contributed by atoms with Crippen molar-refractivity contribution in [1.82, 2.24) is 5.43 Å². The van der Waals surface area contributed by atoms with E-state index in [0.29, 0.717) is 0 Å². The predicted octanol–water partition coefficient (Wildman–Crippen LogP) is -4.47. The number of hydrogen-bond donors (Lipinski definition) is 2. The van der Waals surface area contributed by atoms with Crippen LogP contribution in [0.2, 0.25) is 0 Å². The molecule has 2 N–H and O–H groups in total. The van der Waals surface area contributed by atoms with Gasteiger partial charge < -0.3 is 0 Å². The third kappa shape index (κ3) is 4.46.